The molecule has 0 aliphatic carbocycles. The Morgan fingerprint density at radius 3 is 1.57 bits per heavy atom. The van der Waals surface area contributed by atoms with Crippen molar-refractivity contribution >= 4 is 77.7 Å². The summed E-state index contributed by atoms with van der Waals surface area (Å²) in [5.74, 6) is -0.172. The molecule has 0 unspecified atom stereocenters. The second-order valence-electron chi connectivity index (χ2n) is 7.60. The van der Waals surface area contributed by atoms with E-state index in [0.717, 1.165) is 10.3 Å². The van der Waals surface area contributed by atoms with Crippen molar-refractivity contribution in [2.24, 2.45) is 0 Å². The van der Waals surface area contributed by atoms with Crippen molar-refractivity contribution in [2.45, 2.75) is 20.3 Å². The first-order valence-corrected chi connectivity index (χ1v) is 14.0. The second-order valence-corrected chi connectivity index (χ2v) is 11.4. The molecule has 10 nitrogen and oxygen atoms in total. The van der Waals surface area contributed by atoms with E-state index in [-0.39, 0.29) is 11.8 Å². The number of carbonyl (C=O) groups excluding carboxylic acids is 2. The van der Waals surface area contributed by atoms with Gasteiger partial charge in [0.1, 0.15) is 9.75 Å². The number of anilines is 4. The predicted octanol–water partition coefficient (Wildman–Crippen LogP) is 4.85. The van der Waals surface area contributed by atoms with Crippen molar-refractivity contribution in [3.63, 3.8) is 0 Å². The van der Waals surface area contributed by atoms with Crippen molar-refractivity contribution in [1.82, 2.24) is 29.7 Å². The molecule has 2 amide bonds. The molecule has 0 saturated heterocycles. The number of hydrogen-bond donors (Lipinski definition) is 2. The summed E-state index contributed by atoms with van der Waals surface area (Å²) in [7, 11) is 3.53. The molecule has 0 saturated carbocycles. The number of rotatable bonds is 10. The monoisotopic (exact) mass is 548 g/mol. The zero-order valence-corrected chi connectivity index (χ0v) is 22.8. The van der Waals surface area contributed by atoms with Crippen LogP contribution >= 0.6 is 45.3 Å². The van der Waals surface area contributed by atoms with Crippen molar-refractivity contribution in [1.29, 1.82) is 0 Å². The minimum atomic E-state index is -0.0858. The minimum Gasteiger partial charge on any atom is -0.341 e. The van der Waals surface area contributed by atoms with Crippen LogP contribution < -0.4 is 10.6 Å². The van der Waals surface area contributed by atoms with Crippen molar-refractivity contribution in [2.75, 3.05) is 37.8 Å². The van der Waals surface area contributed by atoms with Gasteiger partial charge in [0.25, 0.3) is 11.8 Å². The fraction of sp³-hybridized carbons (Fsp3) is 0.333. The number of thiazole rings is 4. The first kappa shape index (κ1) is 25.2. The van der Waals surface area contributed by atoms with E-state index in [1.807, 2.05) is 24.6 Å². The van der Waals surface area contributed by atoms with Gasteiger partial charge >= 0.3 is 0 Å². The average molecular weight is 549 g/mol. The van der Waals surface area contributed by atoms with E-state index >= 15 is 0 Å². The van der Waals surface area contributed by atoms with Crippen LogP contribution in [0.1, 0.15) is 37.2 Å². The Balaban J connectivity index is 1.28. The van der Waals surface area contributed by atoms with Crippen molar-refractivity contribution in [3.8, 4) is 0 Å². The van der Waals surface area contributed by atoms with Crippen molar-refractivity contribution in [3.05, 3.63) is 44.3 Å². The third kappa shape index (κ3) is 6.20. The van der Waals surface area contributed by atoms with E-state index in [9.17, 15) is 9.59 Å². The van der Waals surface area contributed by atoms with Gasteiger partial charge in [-0.15, -0.1) is 22.7 Å². The molecule has 184 valence electrons. The first-order chi connectivity index (χ1) is 16.8. The molecular formula is C21H24N8O2S4. The number of hydrogen-bond acceptors (Lipinski definition) is 12. The molecule has 4 aromatic heterocycles. The number of carbonyl (C=O) groups is 2. The summed E-state index contributed by atoms with van der Waals surface area (Å²) in [6, 6.07) is 0. The maximum Gasteiger partial charge on any atom is 0.265 e. The van der Waals surface area contributed by atoms with E-state index < -0.39 is 0 Å². The Hall–Kier alpha value is -2.94. The predicted molar refractivity (Wildman–Crippen MR) is 143 cm³/mol. The van der Waals surface area contributed by atoms with Crippen LogP contribution in [-0.2, 0) is 0 Å². The van der Waals surface area contributed by atoms with E-state index in [2.05, 4.69) is 30.6 Å². The third-order valence-corrected chi connectivity index (χ3v) is 8.45. The molecular weight excluding hydrogens is 525 g/mol. The summed E-state index contributed by atoms with van der Waals surface area (Å²) in [6.45, 7) is 4.68. The molecule has 14 heteroatoms. The highest BCUT2D eigenvalue weighted by Gasteiger charge is 2.22. The number of nitrogens with zero attached hydrogens (tertiary/aromatic N) is 6. The third-order valence-electron chi connectivity index (χ3n) is 4.95. The quantitative estimate of drug-likeness (QED) is 0.289. The summed E-state index contributed by atoms with van der Waals surface area (Å²) in [6.07, 6.45) is 4.07. The molecule has 0 spiro atoms. The van der Waals surface area contributed by atoms with Gasteiger partial charge in [0, 0.05) is 50.3 Å². The van der Waals surface area contributed by atoms with Crippen LogP contribution in [0.5, 0.6) is 0 Å². The molecule has 0 aliphatic rings. The molecule has 0 atom stereocenters. The van der Waals surface area contributed by atoms with Gasteiger partial charge in [-0.2, -0.15) is 0 Å². The van der Waals surface area contributed by atoms with Gasteiger partial charge in [0.05, 0.1) is 11.4 Å². The van der Waals surface area contributed by atoms with Gasteiger partial charge in [0.2, 0.25) is 0 Å². The molecule has 0 aliphatic heterocycles. The zero-order chi connectivity index (χ0) is 24.9. The summed E-state index contributed by atoms with van der Waals surface area (Å²) in [4.78, 5) is 47.7. The first-order valence-electron chi connectivity index (χ1n) is 10.6. The Morgan fingerprint density at radius 1 is 0.771 bits per heavy atom. The van der Waals surface area contributed by atoms with Crippen molar-refractivity contribution < 1.29 is 9.59 Å². The van der Waals surface area contributed by atoms with Gasteiger partial charge in [-0.3, -0.25) is 9.59 Å². The number of nitrogens with one attached hydrogen (secondary N) is 2. The lowest BCUT2D eigenvalue weighted by atomic mass is 10.3. The van der Waals surface area contributed by atoms with Gasteiger partial charge in [-0.25, -0.2) is 19.9 Å². The Labute approximate surface area is 218 Å². The highest BCUT2D eigenvalue weighted by atomic mass is 32.1. The minimum absolute atomic E-state index is 0.0858. The summed E-state index contributed by atoms with van der Waals surface area (Å²) in [5.41, 5.74) is 1.36. The lowest BCUT2D eigenvalue weighted by molar-refractivity contribution is 0.0769. The van der Waals surface area contributed by atoms with Crippen LogP contribution in [0, 0.1) is 13.8 Å². The molecule has 0 bridgehead atoms. The topological polar surface area (TPSA) is 116 Å². The van der Waals surface area contributed by atoms with Crippen LogP contribution in [0.4, 0.5) is 20.5 Å². The van der Waals surface area contributed by atoms with Crippen LogP contribution in [0.25, 0.3) is 0 Å². The van der Waals surface area contributed by atoms with Gasteiger partial charge in [-0.05, 0) is 20.3 Å². The molecule has 0 radical (unpaired) electrons. The normalized spacial score (nSPS) is 10.9. The fourth-order valence-corrected chi connectivity index (χ4v) is 6.25. The summed E-state index contributed by atoms with van der Waals surface area (Å²) < 4.78 is 0. The molecule has 0 aromatic carbocycles. The molecule has 0 fully saturated rings. The van der Waals surface area contributed by atoms with Crippen LogP contribution in [-0.4, -0.2) is 68.7 Å². The summed E-state index contributed by atoms with van der Waals surface area (Å²) >= 11 is 5.57. The summed E-state index contributed by atoms with van der Waals surface area (Å²) in [5, 5.41) is 12.8. The van der Waals surface area contributed by atoms with E-state index in [1.165, 1.54) is 45.3 Å². The van der Waals surface area contributed by atoms with E-state index in [1.54, 1.807) is 36.3 Å². The highest BCUT2D eigenvalue weighted by molar-refractivity contribution is 7.19. The maximum absolute atomic E-state index is 12.9. The average Bonchev–Trinajstić information content (AvgIpc) is 3.63. The van der Waals surface area contributed by atoms with Gasteiger partial charge in [0.15, 0.2) is 20.5 Å². The second kappa shape index (κ2) is 11.2. The smallest absolute Gasteiger partial charge is 0.265 e. The number of amides is 2. The molecule has 4 aromatic rings. The van der Waals surface area contributed by atoms with Gasteiger partial charge in [-0.1, -0.05) is 22.7 Å². The Morgan fingerprint density at radius 2 is 1.20 bits per heavy atom. The molecule has 2 N–H and O–H groups in total. The molecule has 35 heavy (non-hydrogen) atoms. The lowest BCUT2D eigenvalue weighted by Crippen LogP contribution is -2.32. The zero-order valence-electron chi connectivity index (χ0n) is 19.6. The molecule has 4 rings (SSSR count). The van der Waals surface area contributed by atoms with E-state index in [4.69, 9.17) is 0 Å². The number of aryl methyl sites for hydroxylation is 2. The highest BCUT2D eigenvalue weighted by Crippen LogP contribution is 2.29. The van der Waals surface area contributed by atoms with Crippen LogP contribution in [0.2, 0.25) is 0 Å². The largest absolute Gasteiger partial charge is 0.341 e. The molecule has 4 heterocycles. The Bertz CT molecular complexity index is 1180. The SMILES string of the molecule is Cc1nc(Nc2nccs2)sc1C(=O)N(C)CCCN(C)C(=O)c1sc(Nc2nccs2)nc1C. The van der Waals surface area contributed by atoms with Crippen LogP contribution in [0.3, 0.4) is 0 Å². The number of aromatic nitrogens is 4. The van der Waals surface area contributed by atoms with E-state index in [0.29, 0.717) is 50.9 Å². The lowest BCUT2D eigenvalue weighted by Gasteiger charge is -2.20. The fourth-order valence-electron chi connectivity index (χ4n) is 3.14. The maximum atomic E-state index is 12.9. The standard InChI is InChI=1S/C21H24N8O2S4/c1-12-14(34-20(24-12)26-18-22-6-10-32-18)16(30)28(3)8-5-9-29(4)17(31)15-13(2)25-21(35-15)27-19-23-7-11-33-19/h6-7,10-11H,5,8-9H2,1-4H3,(H,22,24,26)(H,23,25,27). The van der Waals surface area contributed by atoms with Crippen LogP contribution in [0.15, 0.2) is 23.2 Å². The van der Waals surface area contributed by atoms with Gasteiger partial charge < -0.3 is 20.4 Å². The Kier molecular flexibility index (Phi) is 8.05.